The van der Waals surface area contributed by atoms with E-state index >= 15 is 0 Å². The van der Waals surface area contributed by atoms with Crippen molar-refractivity contribution in [2.45, 2.75) is 25.7 Å². The van der Waals surface area contributed by atoms with Crippen molar-refractivity contribution in [2.75, 3.05) is 6.54 Å². The van der Waals surface area contributed by atoms with Gasteiger partial charge < -0.3 is 5.73 Å². The zero-order valence-electron chi connectivity index (χ0n) is 8.29. The fraction of sp³-hybridized carbons (Fsp3) is 0.455. The Balaban J connectivity index is 0.00000144. The van der Waals surface area contributed by atoms with Crippen molar-refractivity contribution in [3.63, 3.8) is 0 Å². The summed E-state index contributed by atoms with van der Waals surface area (Å²) in [4.78, 5) is 0. The van der Waals surface area contributed by atoms with E-state index in [0.717, 1.165) is 13.0 Å². The smallest absolute Gasteiger partial charge is 0.00690 e. The van der Waals surface area contributed by atoms with Crippen LogP contribution in [0.3, 0.4) is 0 Å². The Labute approximate surface area is 86.7 Å². The Morgan fingerprint density at radius 1 is 1.15 bits per heavy atom. The van der Waals surface area contributed by atoms with E-state index in [1.54, 1.807) is 0 Å². The monoisotopic (exact) mass is 199 g/mol. The van der Waals surface area contributed by atoms with Gasteiger partial charge in [0.1, 0.15) is 0 Å². The van der Waals surface area contributed by atoms with Crippen molar-refractivity contribution in [3.8, 4) is 0 Å². The second-order valence-electron chi connectivity index (χ2n) is 3.79. The van der Waals surface area contributed by atoms with Crippen LogP contribution in [0.5, 0.6) is 0 Å². The number of nitrogens with two attached hydrogens (primary N) is 1. The van der Waals surface area contributed by atoms with Gasteiger partial charge in [0.05, 0.1) is 0 Å². The quantitative estimate of drug-likeness (QED) is 0.796. The molecule has 0 amide bonds. The molecule has 2 N–H and O–H groups in total. The second kappa shape index (κ2) is 5.25. The molecule has 2 heteroatoms. The number of halogens is 1. The van der Waals surface area contributed by atoms with E-state index < -0.39 is 0 Å². The fourth-order valence-electron chi connectivity index (χ4n) is 1.39. The van der Waals surface area contributed by atoms with E-state index in [4.69, 9.17) is 5.73 Å². The predicted molar refractivity (Wildman–Crippen MR) is 60.4 cm³/mol. The predicted octanol–water partition coefficient (Wildman–Crippen LogP) is 2.73. The van der Waals surface area contributed by atoms with E-state index in [1.807, 2.05) is 6.07 Å². The van der Waals surface area contributed by atoms with Crippen molar-refractivity contribution in [1.29, 1.82) is 0 Å². The molecule has 74 valence electrons. The molecule has 1 aromatic carbocycles. The molecular weight excluding hydrogens is 182 g/mol. The van der Waals surface area contributed by atoms with E-state index in [0.29, 0.717) is 0 Å². The number of rotatable bonds is 3. The zero-order valence-corrected chi connectivity index (χ0v) is 9.10. The van der Waals surface area contributed by atoms with Crippen LogP contribution in [-0.2, 0) is 5.41 Å². The third kappa shape index (κ3) is 3.37. The molecule has 0 saturated heterocycles. The third-order valence-corrected chi connectivity index (χ3v) is 2.32. The maximum Gasteiger partial charge on any atom is -0.00690 e. The Hall–Kier alpha value is -0.530. The summed E-state index contributed by atoms with van der Waals surface area (Å²) in [6.07, 6.45) is 1.04. The zero-order chi connectivity index (χ0) is 9.03. The summed E-state index contributed by atoms with van der Waals surface area (Å²) in [6, 6.07) is 10.5. The molecule has 0 saturated carbocycles. The van der Waals surface area contributed by atoms with Gasteiger partial charge in [0, 0.05) is 0 Å². The van der Waals surface area contributed by atoms with Crippen molar-refractivity contribution in [3.05, 3.63) is 35.9 Å². The number of benzene rings is 1. The molecule has 0 fully saturated rings. The first kappa shape index (κ1) is 12.5. The summed E-state index contributed by atoms with van der Waals surface area (Å²) in [5.74, 6) is 0. The second-order valence-corrected chi connectivity index (χ2v) is 3.79. The minimum absolute atomic E-state index is 0. The lowest BCUT2D eigenvalue weighted by atomic mass is 9.82. The minimum atomic E-state index is 0. The highest BCUT2D eigenvalue weighted by atomic mass is 35.5. The topological polar surface area (TPSA) is 26.0 Å². The van der Waals surface area contributed by atoms with Gasteiger partial charge in [0.15, 0.2) is 0 Å². The van der Waals surface area contributed by atoms with Crippen LogP contribution in [0.2, 0.25) is 0 Å². The lowest BCUT2D eigenvalue weighted by Gasteiger charge is -2.24. The first-order valence-corrected chi connectivity index (χ1v) is 4.42. The Morgan fingerprint density at radius 2 is 1.69 bits per heavy atom. The van der Waals surface area contributed by atoms with Crippen LogP contribution in [0.1, 0.15) is 25.8 Å². The van der Waals surface area contributed by atoms with Gasteiger partial charge >= 0.3 is 0 Å². The SMILES string of the molecule is CC(C)(CCN)c1ccccc1.Cl. The van der Waals surface area contributed by atoms with Gasteiger partial charge in [-0.2, -0.15) is 0 Å². The third-order valence-electron chi connectivity index (χ3n) is 2.32. The molecule has 1 rings (SSSR count). The summed E-state index contributed by atoms with van der Waals surface area (Å²) in [5.41, 5.74) is 7.14. The molecule has 0 atom stereocenters. The van der Waals surface area contributed by atoms with Gasteiger partial charge in [-0.1, -0.05) is 44.2 Å². The molecule has 0 aliphatic heterocycles. The Bertz CT molecular complexity index is 231. The van der Waals surface area contributed by atoms with Gasteiger partial charge in [-0.25, -0.2) is 0 Å². The molecule has 0 aliphatic rings. The van der Waals surface area contributed by atoms with Crippen molar-refractivity contribution in [2.24, 2.45) is 5.73 Å². The Morgan fingerprint density at radius 3 is 2.15 bits per heavy atom. The van der Waals surface area contributed by atoms with Crippen molar-refractivity contribution < 1.29 is 0 Å². The maximum atomic E-state index is 5.55. The molecule has 1 aromatic rings. The molecule has 0 radical (unpaired) electrons. The molecule has 13 heavy (non-hydrogen) atoms. The van der Waals surface area contributed by atoms with Crippen LogP contribution in [0, 0.1) is 0 Å². The van der Waals surface area contributed by atoms with Crippen molar-refractivity contribution in [1.82, 2.24) is 0 Å². The highest BCUT2D eigenvalue weighted by Crippen LogP contribution is 2.25. The van der Waals surface area contributed by atoms with Crippen LogP contribution >= 0.6 is 12.4 Å². The highest BCUT2D eigenvalue weighted by Gasteiger charge is 2.18. The van der Waals surface area contributed by atoms with Crippen LogP contribution in [0.4, 0.5) is 0 Å². The first-order chi connectivity index (χ1) is 5.67. The average Bonchev–Trinajstić information content (AvgIpc) is 2.06. The standard InChI is InChI=1S/C11H17N.ClH/c1-11(2,8-9-12)10-6-4-3-5-7-10;/h3-7H,8-9,12H2,1-2H3;1H. The van der Waals surface area contributed by atoms with E-state index in [2.05, 4.69) is 38.1 Å². The molecule has 0 heterocycles. The van der Waals surface area contributed by atoms with Gasteiger partial charge in [-0.3, -0.25) is 0 Å². The van der Waals surface area contributed by atoms with Crippen molar-refractivity contribution >= 4 is 12.4 Å². The fourth-order valence-corrected chi connectivity index (χ4v) is 1.39. The first-order valence-electron chi connectivity index (χ1n) is 4.42. The molecular formula is C11H18ClN. The van der Waals surface area contributed by atoms with Gasteiger partial charge in [0.2, 0.25) is 0 Å². The van der Waals surface area contributed by atoms with Crippen LogP contribution in [0.15, 0.2) is 30.3 Å². The molecule has 0 bridgehead atoms. The molecule has 1 nitrogen and oxygen atoms in total. The van der Waals surface area contributed by atoms with E-state index in [-0.39, 0.29) is 17.8 Å². The van der Waals surface area contributed by atoms with E-state index in [9.17, 15) is 0 Å². The average molecular weight is 200 g/mol. The maximum absolute atomic E-state index is 5.55. The van der Waals surface area contributed by atoms with E-state index in [1.165, 1.54) is 5.56 Å². The number of hydrogen-bond acceptors (Lipinski definition) is 1. The lowest BCUT2D eigenvalue weighted by molar-refractivity contribution is 0.488. The molecule has 0 spiro atoms. The van der Waals surface area contributed by atoms with Gasteiger partial charge in [-0.15, -0.1) is 12.4 Å². The minimum Gasteiger partial charge on any atom is -0.330 e. The summed E-state index contributed by atoms with van der Waals surface area (Å²) < 4.78 is 0. The van der Waals surface area contributed by atoms with Crippen LogP contribution < -0.4 is 5.73 Å². The van der Waals surface area contributed by atoms with Crippen LogP contribution in [0.25, 0.3) is 0 Å². The lowest BCUT2D eigenvalue weighted by Crippen LogP contribution is -2.21. The summed E-state index contributed by atoms with van der Waals surface area (Å²) in [5, 5.41) is 0. The largest absolute Gasteiger partial charge is 0.330 e. The summed E-state index contributed by atoms with van der Waals surface area (Å²) >= 11 is 0. The highest BCUT2D eigenvalue weighted by molar-refractivity contribution is 5.85. The number of hydrogen-bond donors (Lipinski definition) is 1. The summed E-state index contributed by atoms with van der Waals surface area (Å²) in [6.45, 7) is 5.21. The Kier molecular flexibility index (Phi) is 5.04. The molecule has 0 aromatic heterocycles. The normalized spacial score (nSPS) is 10.7. The van der Waals surface area contributed by atoms with Crippen LogP contribution in [-0.4, -0.2) is 6.54 Å². The molecule has 0 unspecified atom stereocenters. The molecule has 0 aliphatic carbocycles. The summed E-state index contributed by atoms with van der Waals surface area (Å²) in [7, 11) is 0. The van der Waals surface area contributed by atoms with Gasteiger partial charge in [-0.05, 0) is 23.9 Å². The van der Waals surface area contributed by atoms with Gasteiger partial charge in [0.25, 0.3) is 0 Å².